The standard InChI is InChI=1S/C12H8BrF4NO3S2/c13-9-5-6-10(22-9)23(19,20)18-7-1-3-8(4-2-7)21-12(16,17)11(14)15/h1-6,11,18H. The number of rotatable bonds is 6. The first-order chi connectivity index (χ1) is 10.6. The van der Waals surface area contributed by atoms with Crippen LogP contribution in [-0.4, -0.2) is 21.0 Å². The van der Waals surface area contributed by atoms with Crippen LogP contribution in [0.2, 0.25) is 0 Å². The summed E-state index contributed by atoms with van der Waals surface area (Å²) in [7, 11) is -3.82. The monoisotopic (exact) mass is 433 g/mol. The van der Waals surface area contributed by atoms with Crippen LogP contribution in [0.15, 0.2) is 44.4 Å². The quantitative estimate of drug-likeness (QED) is 0.679. The predicted octanol–water partition coefficient (Wildman–Crippen LogP) is 4.55. The van der Waals surface area contributed by atoms with Crippen molar-refractivity contribution in [2.75, 3.05) is 4.72 Å². The van der Waals surface area contributed by atoms with Crippen molar-refractivity contribution in [1.29, 1.82) is 0 Å². The van der Waals surface area contributed by atoms with Gasteiger partial charge in [-0.25, -0.2) is 8.42 Å². The zero-order chi connectivity index (χ0) is 17.3. The molecule has 1 heterocycles. The molecule has 0 atom stereocenters. The number of anilines is 1. The second kappa shape index (κ2) is 6.65. The van der Waals surface area contributed by atoms with E-state index >= 15 is 0 Å². The van der Waals surface area contributed by atoms with Gasteiger partial charge in [-0.3, -0.25) is 4.72 Å². The Morgan fingerprint density at radius 3 is 2.22 bits per heavy atom. The number of nitrogens with one attached hydrogen (secondary N) is 1. The van der Waals surface area contributed by atoms with E-state index in [0.29, 0.717) is 3.79 Å². The van der Waals surface area contributed by atoms with Gasteiger partial charge in [0.15, 0.2) is 0 Å². The summed E-state index contributed by atoms with van der Waals surface area (Å²) < 4.78 is 80.4. The molecular weight excluding hydrogens is 426 g/mol. The van der Waals surface area contributed by atoms with Gasteiger partial charge in [-0.05, 0) is 52.3 Å². The van der Waals surface area contributed by atoms with E-state index in [0.717, 1.165) is 35.6 Å². The Kier molecular flexibility index (Phi) is 5.21. The van der Waals surface area contributed by atoms with E-state index in [1.165, 1.54) is 6.07 Å². The van der Waals surface area contributed by atoms with Gasteiger partial charge in [0.25, 0.3) is 10.0 Å². The van der Waals surface area contributed by atoms with Crippen molar-refractivity contribution in [2.45, 2.75) is 16.7 Å². The van der Waals surface area contributed by atoms with Gasteiger partial charge in [0, 0.05) is 5.69 Å². The summed E-state index contributed by atoms with van der Waals surface area (Å²) in [5.74, 6) is -0.517. The third-order valence-electron chi connectivity index (χ3n) is 2.43. The number of ether oxygens (including phenoxy) is 1. The van der Waals surface area contributed by atoms with Crippen molar-refractivity contribution < 1.29 is 30.7 Å². The summed E-state index contributed by atoms with van der Waals surface area (Å²) in [5, 5.41) is 0. The van der Waals surface area contributed by atoms with Crippen LogP contribution in [0.1, 0.15) is 0 Å². The van der Waals surface area contributed by atoms with Crippen molar-refractivity contribution in [3.8, 4) is 5.75 Å². The Bertz CT molecular complexity index is 778. The molecule has 11 heteroatoms. The molecule has 1 N–H and O–H groups in total. The summed E-state index contributed by atoms with van der Waals surface area (Å²) >= 11 is 4.12. The third kappa shape index (κ3) is 4.58. The van der Waals surface area contributed by atoms with Crippen molar-refractivity contribution in [3.05, 3.63) is 40.2 Å². The molecule has 0 amide bonds. The van der Waals surface area contributed by atoms with Crippen molar-refractivity contribution in [3.63, 3.8) is 0 Å². The average Bonchev–Trinajstić information content (AvgIpc) is 2.88. The maximum atomic E-state index is 12.7. The van der Waals surface area contributed by atoms with Crippen LogP contribution in [0.5, 0.6) is 5.75 Å². The number of sulfonamides is 1. The maximum Gasteiger partial charge on any atom is 0.461 e. The van der Waals surface area contributed by atoms with Crippen LogP contribution in [0.3, 0.4) is 0 Å². The zero-order valence-corrected chi connectivity index (χ0v) is 14.2. The largest absolute Gasteiger partial charge is 0.461 e. The van der Waals surface area contributed by atoms with E-state index in [-0.39, 0.29) is 9.90 Å². The molecule has 0 aliphatic heterocycles. The summed E-state index contributed by atoms with van der Waals surface area (Å²) in [6.45, 7) is 0. The fourth-order valence-corrected chi connectivity index (χ4v) is 4.51. The molecule has 0 spiro atoms. The molecule has 0 aliphatic rings. The molecule has 1 aromatic heterocycles. The molecule has 0 unspecified atom stereocenters. The minimum atomic E-state index is -4.62. The highest BCUT2D eigenvalue weighted by Gasteiger charge is 2.43. The Hall–Kier alpha value is -1.33. The molecule has 1 aromatic carbocycles. The normalized spacial score (nSPS) is 12.4. The van der Waals surface area contributed by atoms with Crippen molar-refractivity contribution in [2.24, 2.45) is 0 Å². The lowest BCUT2D eigenvalue weighted by Crippen LogP contribution is -2.33. The lowest BCUT2D eigenvalue weighted by Gasteiger charge is -2.17. The smallest absolute Gasteiger partial charge is 0.428 e. The molecule has 0 fully saturated rings. The summed E-state index contributed by atoms with van der Waals surface area (Å²) in [5.41, 5.74) is 0.0715. The van der Waals surface area contributed by atoms with Crippen LogP contribution >= 0.6 is 27.3 Å². The van der Waals surface area contributed by atoms with Gasteiger partial charge in [0.05, 0.1) is 3.79 Å². The van der Waals surface area contributed by atoms with Crippen LogP contribution in [0, 0.1) is 0 Å². The number of thiophene rings is 1. The summed E-state index contributed by atoms with van der Waals surface area (Å²) in [6, 6.07) is 7.10. The first-order valence-corrected chi connectivity index (χ1v) is 8.92. The third-order valence-corrected chi connectivity index (χ3v) is 5.92. The van der Waals surface area contributed by atoms with Gasteiger partial charge in [-0.2, -0.15) is 17.6 Å². The van der Waals surface area contributed by atoms with Crippen LogP contribution < -0.4 is 9.46 Å². The van der Waals surface area contributed by atoms with Crippen LogP contribution in [0.4, 0.5) is 23.2 Å². The molecule has 0 aliphatic carbocycles. The maximum absolute atomic E-state index is 12.7. The molecule has 126 valence electrons. The van der Waals surface area contributed by atoms with Crippen molar-refractivity contribution >= 4 is 43.0 Å². The molecule has 23 heavy (non-hydrogen) atoms. The Morgan fingerprint density at radius 1 is 1.13 bits per heavy atom. The number of hydrogen-bond acceptors (Lipinski definition) is 4. The summed E-state index contributed by atoms with van der Waals surface area (Å²) in [4.78, 5) is 0. The van der Waals surface area contributed by atoms with Gasteiger partial charge < -0.3 is 4.74 Å². The number of alkyl halides is 4. The van der Waals surface area contributed by atoms with Gasteiger partial charge in [-0.15, -0.1) is 11.3 Å². The van der Waals surface area contributed by atoms with Crippen LogP contribution in [0.25, 0.3) is 0 Å². The Labute approximate surface area is 141 Å². The lowest BCUT2D eigenvalue weighted by molar-refractivity contribution is -0.253. The van der Waals surface area contributed by atoms with E-state index in [1.54, 1.807) is 6.07 Å². The fourth-order valence-electron chi connectivity index (χ4n) is 1.44. The zero-order valence-electron chi connectivity index (χ0n) is 11.0. The van der Waals surface area contributed by atoms with E-state index in [9.17, 15) is 26.0 Å². The predicted molar refractivity (Wildman–Crippen MR) is 80.8 cm³/mol. The Morgan fingerprint density at radius 2 is 1.74 bits per heavy atom. The lowest BCUT2D eigenvalue weighted by atomic mass is 10.3. The van der Waals surface area contributed by atoms with Gasteiger partial charge in [-0.1, -0.05) is 0 Å². The molecule has 4 nitrogen and oxygen atoms in total. The van der Waals surface area contributed by atoms with E-state index < -0.39 is 28.3 Å². The fraction of sp³-hybridized carbons (Fsp3) is 0.167. The molecule has 2 rings (SSSR count). The highest BCUT2D eigenvalue weighted by molar-refractivity contribution is 9.11. The first kappa shape index (κ1) is 18.0. The highest BCUT2D eigenvalue weighted by atomic mass is 79.9. The molecule has 0 bridgehead atoms. The van der Waals surface area contributed by atoms with Crippen molar-refractivity contribution in [1.82, 2.24) is 0 Å². The number of benzene rings is 1. The average molecular weight is 434 g/mol. The first-order valence-electron chi connectivity index (χ1n) is 5.83. The van der Waals surface area contributed by atoms with Gasteiger partial charge in [0.2, 0.25) is 0 Å². The molecular formula is C12H8BrF4NO3S2. The molecule has 0 saturated carbocycles. The van der Waals surface area contributed by atoms with E-state index in [1.807, 2.05) is 0 Å². The van der Waals surface area contributed by atoms with Gasteiger partial charge in [0.1, 0.15) is 9.96 Å². The summed E-state index contributed by atoms with van der Waals surface area (Å²) in [6.07, 6.45) is -8.59. The minimum absolute atomic E-state index is 0.0499. The number of hydrogen-bond donors (Lipinski definition) is 1. The highest BCUT2D eigenvalue weighted by Crippen LogP contribution is 2.30. The van der Waals surface area contributed by atoms with Crippen LogP contribution in [-0.2, 0) is 10.0 Å². The molecule has 2 aromatic rings. The molecule has 0 saturated heterocycles. The minimum Gasteiger partial charge on any atom is -0.428 e. The Balaban J connectivity index is 2.11. The van der Waals surface area contributed by atoms with E-state index in [4.69, 9.17) is 0 Å². The second-order valence-electron chi connectivity index (χ2n) is 4.15. The second-order valence-corrected chi connectivity index (χ2v) is 8.53. The van der Waals surface area contributed by atoms with Gasteiger partial charge >= 0.3 is 12.5 Å². The number of halogens is 5. The SMILES string of the molecule is O=S(=O)(Nc1ccc(OC(F)(F)C(F)F)cc1)c1ccc(Br)s1. The molecule has 0 radical (unpaired) electrons. The van der Waals surface area contributed by atoms with E-state index in [2.05, 4.69) is 25.4 Å². The topological polar surface area (TPSA) is 55.4 Å².